The second-order valence-electron chi connectivity index (χ2n) is 4.89. The molecule has 0 saturated carbocycles. The molecule has 0 unspecified atom stereocenters. The van der Waals surface area contributed by atoms with Gasteiger partial charge in [-0.1, -0.05) is 42.5 Å². The minimum Gasteiger partial charge on any atom is -0.275 e. The Hall–Kier alpha value is -2.16. The summed E-state index contributed by atoms with van der Waals surface area (Å²) in [5.74, 6) is -1.43. The molecule has 0 aromatic heterocycles. The van der Waals surface area contributed by atoms with Gasteiger partial charge in [-0.2, -0.15) is 13.2 Å². The first kappa shape index (κ1) is 19.2. The van der Waals surface area contributed by atoms with Gasteiger partial charge in [-0.3, -0.25) is 4.79 Å². The molecular weight excluding hydrogens is 368 g/mol. The molecule has 0 atom stereocenters. The van der Waals surface area contributed by atoms with Crippen molar-refractivity contribution in [1.82, 2.24) is 0 Å². The van der Waals surface area contributed by atoms with Crippen molar-refractivity contribution in [3.05, 3.63) is 48.5 Å². The van der Waals surface area contributed by atoms with Crippen molar-refractivity contribution in [2.75, 3.05) is 4.90 Å². The van der Waals surface area contributed by atoms with Crippen molar-refractivity contribution < 1.29 is 31.1 Å². The third-order valence-corrected chi connectivity index (χ3v) is 3.88. The molecule has 2 rings (SSSR count). The molecule has 0 radical (unpaired) electrons. The smallest absolute Gasteiger partial charge is 0.275 e. The van der Waals surface area contributed by atoms with Crippen LogP contribution in [0.5, 0.6) is 0 Å². The minimum atomic E-state index is -5.17. The van der Waals surface area contributed by atoms with Crippen molar-refractivity contribution in [3.63, 3.8) is 0 Å². The molecule has 2 nitrogen and oxygen atoms in total. The summed E-state index contributed by atoms with van der Waals surface area (Å²) in [4.78, 5) is 10.3. The number of alkyl halides is 6. The number of hydrogen-bond acceptors (Lipinski definition) is 2. The van der Waals surface area contributed by atoms with Gasteiger partial charge in [0.25, 0.3) is 0 Å². The number of carbonyl (C=O) groups excluding carboxylic acids is 1. The molecule has 134 valence electrons. The first-order valence-corrected chi connectivity index (χ1v) is 7.64. The maximum Gasteiger partial charge on any atom is 0.491 e. The fourth-order valence-corrected chi connectivity index (χ4v) is 2.97. The largest absolute Gasteiger partial charge is 0.491 e. The Balaban J connectivity index is 2.77. The first-order chi connectivity index (χ1) is 11.5. The minimum absolute atomic E-state index is 0.123. The number of rotatable bonds is 3. The number of thioether (sulfide) groups is 1. The summed E-state index contributed by atoms with van der Waals surface area (Å²) in [5.41, 5.74) is -5.51. The third kappa shape index (κ3) is 4.68. The average molecular weight is 379 g/mol. The van der Waals surface area contributed by atoms with Crippen LogP contribution < -0.4 is 4.90 Å². The van der Waals surface area contributed by atoms with Gasteiger partial charge >= 0.3 is 11.8 Å². The Morgan fingerprint density at radius 2 is 1.52 bits per heavy atom. The molecule has 1 amide bonds. The Labute approximate surface area is 143 Å². The third-order valence-electron chi connectivity index (χ3n) is 3.10. The maximum atomic E-state index is 13.4. The topological polar surface area (TPSA) is 20.3 Å². The summed E-state index contributed by atoms with van der Waals surface area (Å²) in [6, 6.07) is 11.0. The standard InChI is InChI=1S/C16H11F6NOS/c1-10(24)23(15(17,18)19)14-12(11-6-3-2-4-7-11)8-5-9-13(14)25-16(20,21)22/h2-9H,1H3. The van der Waals surface area contributed by atoms with E-state index in [1.807, 2.05) is 0 Å². The lowest BCUT2D eigenvalue weighted by Gasteiger charge is -2.28. The van der Waals surface area contributed by atoms with Gasteiger partial charge in [-0.05, 0) is 23.4 Å². The van der Waals surface area contributed by atoms with Crippen LogP contribution in [0.15, 0.2) is 53.4 Å². The normalized spacial score (nSPS) is 12.1. The summed E-state index contributed by atoms with van der Waals surface area (Å²) in [7, 11) is 0. The van der Waals surface area contributed by atoms with E-state index in [-0.39, 0.29) is 11.1 Å². The van der Waals surface area contributed by atoms with Crippen LogP contribution in [0.1, 0.15) is 6.92 Å². The van der Waals surface area contributed by atoms with Crippen LogP contribution >= 0.6 is 11.8 Å². The number of benzene rings is 2. The Morgan fingerprint density at radius 3 is 2.00 bits per heavy atom. The van der Waals surface area contributed by atoms with Gasteiger partial charge in [0.15, 0.2) is 0 Å². The zero-order valence-electron chi connectivity index (χ0n) is 12.7. The van der Waals surface area contributed by atoms with Crippen LogP contribution in [-0.4, -0.2) is 17.7 Å². The Morgan fingerprint density at radius 1 is 0.920 bits per heavy atom. The van der Waals surface area contributed by atoms with Gasteiger partial charge in [0.1, 0.15) is 0 Å². The molecule has 2 aromatic rings. The fraction of sp³-hybridized carbons (Fsp3) is 0.188. The number of para-hydroxylation sites is 1. The van der Waals surface area contributed by atoms with E-state index in [1.165, 1.54) is 36.4 Å². The SMILES string of the molecule is CC(=O)N(c1c(SC(F)(F)F)cccc1-c1ccccc1)C(F)(F)F. The molecule has 0 aliphatic rings. The average Bonchev–Trinajstić information content (AvgIpc) is 2.46. The van der Waals surface area contributed by atoms with E-state index < -0.39 is 45.0 Å². The van der Waals surface area contributed by atoms with Gasteiger partial charge in [-0.25, -0.2) is 4.90 Å². The maximum absolute atomic E-state index is 13.4. The van der Waals surface area contributed by atoms with E-state index in [4.69, 9.17) is 0 Å². The van der Waals surface area contributed by atoms with Crippen molar-refractivity contribution in [1.29, 1.82) is 0 Å². The highest BCUT2D eigenvalue weighted by molar-refractivity contribution is 8.00. The molecule has 0 aliphatic heterocycles. The molecule has 0 aliphatic carbocycles. The van der Waals surface area contributed by atoms with Crippen LogP contribution in [0.2, 0.25) is 0 Å². The van der Waals surface area contributed by atoms with Gasteiger partial charge in [-0.15, -0.1) is 13.2 Å². The summed E-state index contributed by atoms with van der Waals surface area (Å²) < 4.78 is 78.5. The van der Waals surface area contributed by atoms with Gasteiger partial charge < -0.3 is 0 Å². The van der Waals surface area contributed by atoms with Gasteiger partial charge in [0.2, 0.25) is 5.91 Å². The molecule has 0 fully saturated rings. The van der Waals surface area contributed by atoms with Crippen molar-refractivity contribution in [3.8, 4) is 11.1 Å². The number of anilines is 1. The summed E-state index contributed by atoms with van der Waals surface area (Å²) in [6.07, 6.45) is -5.17. The first-order valence-electron chi connectivity index (χ1n) is 6.82. The highest BCUT2D eigenvalue weighted by Gasteiger charge is 2.44. The Bertz CT molecular complexity index is 757. The van der Waals surface area contributed by atoms with Crippen LogP contribution in [0.4, 0.5) is 32.0 Å². The second kappa shape index (κ2) is 6.99. The molecule has 0 bridgehead atoms. The lowest BCUT2D eigenvalue weighted by atomic mass is 10.0. The van der Waals surface area contributed by atoms with E-state index >= 15 is 0 Å². The van der Waals surface area contributed by atoms with E-state index in [1.54, 1.807) is 6.07 Å². The van der Waals surface area contributed by atoms with Crippen LogP contribution in [-0.2, 0) is 4.79 Å². The molecule has 9 heteroatoms. The summed E-state index contributed by atoms with van der Waals surface area (Å²) in [5, 5.41) is 0. The highest BCUT2D eigenvalue weighted by Crippen LogP contribution is 2.47. The second-order valence-corrected chi connectivity index (χ2v) is 6.00. The van der Waals surface area contributed by atoms with E-state index in [0.717, 1.165) is 6.07 Å². The fourth-order valence-electron chi connectivity index (χ4n) is 2.27. The zero-order chi connectivity index (χ0) is 18.8. The van der Waals surface area contributed by atoms with Crippen molar-refractivity contribution in [2.24, 2.45) is 0 Å². The van der Waals surface area contributed by atoms with Crippen molar-refractivity contribution in [2.45, 2.75) is 23.6 Å². The predicted octanol–water partition coefficient (Wildman–Crippen LogP) is 5.84. The summed E-state index contributed by atoms with van der Waals surface area (Å²) >= 11 is -0.696. The lowest BCUT2D eigenvalue weighted by molar-refractivity contribution is -0.148. The number of hydrogen-bond donors (Lipinski definition) is 0. The summed E-state index contributed by atoms with van der Waals surface area (Å²) in [6.45, 7) is 0.650. The number of amides is 1. The van der Waals surface area contributed by atoms with Gasteiger partial charge in [0, 0.05) is 17.4 Å². The van der Waals surface area contributed by atoms with E-state index in [2.05, 4.69) is 0 Å². The van der Waals surface area contributed by atoms with Crippen LogP contribution in [0.3, 0.4) is 0 Å². The number of nitrogens with zero attached hydrogens (tertiary/aromatic N) is 1. The highest BCUT2D eigenvalue weighted by atomic mass is 32.2. The van der Waals surface area contributed by atoms with Crippen molar-refractivity contribution >= 4 is 23.4 Å². The van der Waals surface area contributed by atoms with Gasteiger partial charge in [0.05, 0.1) is 5.69 Å². The molecule has 0 heterocycles. The van der Waals surface area contributed by atoms with Crippen LogP contribution in [0, 0.1) is 0 Å². The molecule has 0 saturated heterocycles. The molecule has 0 N–H and O–H groups in total. The van der Waals surface area contributed by atoms with Crippen LogP contribution in [0.25, 0.3) is 11.1 Å². The molecule has 2 aromatic carbocycles. The monoisotopic (exact) mass is 379 g/mol. The molecular formula is C16H11F6NOS. The Kier molecular flexibility index (Phi) is 5.36. The molecule has 0 spiro atoms. The molecule has 25 heavy (non-hydrogen) atoms. The number of halogens is 6. The van der Waals surface area contributed by atoms with E-state index in [0.29, 0.717) is 6.92 Å². The predicted molar refractivity (Wildman–Crippen MR) is 83.0 cm³/mol. The van der Waals surface area contributed by atoms with E-state index in [9.17, 15) is 31.1 Å². The quantitative estimate of drug-likeness (QED) is 0.379. The lowest BCUT2D eigenvalue weighted by Crippen LogP contribution is -2.42. The zero-order valence-corrected chi connectivity index (χ0v) is 13.5. The number of carbonyl (C=O) groups is 1.